The minimum atomic E-state index is -3.06. The van der Waals surface area contributed by atoms with Crippen LogP contribution in [0.5, 0.6) is 0 Å². The average Bonchev–Trinajstić information content (AvgIpc) is 2.59. The maximum atomic E-state index is 13.5. The van der Waals surface area contributed by atoms with Crippen LogP contribution in [0.3, 0.4) is 0 Å². The summed E-state index contributed by atoms with van der Waals surface area (Å²) in [6.07, 6.45) is 0.568. The van der Waals surface area contributed by atoms with Crippen LogP contribution in [0.1, 0.15) is 23.6 Å². The van der Waals surface area contributed by atoms with Gasteiger partial charge in [-0.1, -0.05) is 6.07 Å². The van der Waals surface area contributed by atoms with Gasteiger partial charge in [0.05, 0.1) is 18.4 Å². The molecule has 2 heterocycles. The number of aromatic nitrogens is 2. The van der Waals surface area contributed by atoms with Crippen molar-refractivity contribution < 1.29 is 18.0 Å². The minimum Gasteiger partial charge on any atom is -0.359 e. The van der Waals surface area contributed by atoms with E-state index in [0.29, 0.717) is 19.6 Å². The number of benzene rings is 1. The van der Waals surface area contributed by atoms with Crippen LogP contribution in [0.15, 0.2) is 29.2 Å². The summed E-state index contributed by atoms with van der Waals surface area (Å²) < 4.78 is 40.2. The van der Waals surface area contributed by atoms with Gasteiger partial charge in [-0.2, -0.15) is 5.10 Å². The number of H-pyrrole nitrogens is 1. The van der Waals surface area contributed by atoms with Crippen molar-refractivity contribution in [1.82, 2.24) is 15.1 Å². The Labute approximate surface area is 160 Å². The first kappa shape index (κ1) is 19.9. The molecule has 28 heavy (non-hydrogen) atoms. The number of alkyl halides is 2. The highest BCUT2D eigenvalue weighted by molar-refractivity contribution is 5.83. The van der Waals surface area contributed by atoms with Gasteiger partial charge in [0.25, 0.3) is 5.56 Å². The number of aromatic amines is 1. The molecule has 6 nitrogen and oxygen atoms in total. The number of nitrogens with zero attached hydrogens (tertiary/aromatic N) is 3. The monoisotopic (exact) mass is 394 g/mol. The highest BCUT2D eigenvalue weighted by Gasteiger charge is 2.30. The number of aryl methyl sites for hydroxylation is 1. The number of anilines is 1. The molecular formula is C19H21F3N4O2. The summed E-state index contributed by atoms with van der Waals surface area (Å²) in [5, 5.41) is 5.87. The van der Waals surface area contributed by atoms with Crippen molar-refractivity contribution in [3.8, 4) is 0 Å². The first-order chi connectivity index (χ1) is 13.1. The zero-order valence-corrected chi connectivity index (χ0v) is 15.6. The molecular weight excluding hydrogens is 373 g/mol. The summed E-state index contributed by atoms with van der Waals surface area (Å²) in [5.41, 5.74) is 1.07. The smallest absolute Gasteiger partial charge is 0.269 e. The SMILES string of the molecule is Cc1cc(F)ccc1CN1CCN(c2cn[nH]c(=O)c2CC(C)(F)F)CC1=O. The molecule has 9 heteroatoms. The van der Waals surface area contributed by atoms with Gasteiger partial charge in [0.1, 0.15) is 5.82 Å². The lowest BCUT2D eigenvalue weighted by atomic mass is 10.1. The van der Waals surface area contributed by atoms with Crippen molar-refractivity contribution in [3.05, 3.63) is 57.3 Å². The number of halogens is 3. The van der Waals surface area contributed by atoms with E-state index in [0.717, 1.165) is 18.1 Å². The van der Waals surface area contributed by atoms with Gasteiger partial charge in [-0.25, -0.2) is 18.3 Å². The van der Waals surface area contributed by atoms with Gasteiger partial charge >= 0.3 is 0 Å². The molecule has 1 aromatic heterocycles. The molecule has 0 aliphatic carbocycles. The van der Waals surface area contributed by atoms with Gasteiger partial charge in [-0.3, -0.25) is 9.59 Å². The standard InChI is InChI=1S/C19H21F3N4O2/c1-12-7-14(20)4-3-13(12)10-26-6-5-25(11-17(26)27)16-9-23-24-18(28)15(16)8-19(2,21)22/h3-4,7,9H,5-6,8,10-11H2,1-2H3,(H,24,28). The van der Waals surface area contributed by atoms with E-state index in [9.17, 15) is 22.8 Å². The van der Waals surface area contributed by atoms with Crippen LogP contribution in [0.4, 0.5) is 18.9 Å². The number of nitrogens with one attached hydrogen (secondary N) is 1. The molecule has 3 rings (SSSR count). The van der Waals surface area contributed by atoms with E-state index in [1.165, 1.54) is 18.3 Å². The molecule has 1 aliphatic rings. The highest BCUT2D eigenvalue weighted by Crippen LogP contribution is 2.25. The zero-order valence-electron chi connectivity index (χ0n) is 15.6. The van der Waals surface area contributed by atoms with E-state index in [1.54, 1.807) is 22.8 Å². The third-order valence-electron chi connectivity index (χ3n) is 4.75. The normalized spacial score (nSPS) is 15.2. The van der Waals surface area contributed by atoms with E-state index in [1.807, 2.05) is 0 Å². The second-order valence-corrected chi connectivity index (χ2v) is 7.12. The summed E-state index contributed by atoms with van der Waals surface area (Å²) in [7, 11) is 0. The van der Waals surface area contributed by atoms with Gasteiger partial charge < -0.3 is 9.80 Å². The first-order valence-corrected chi connectivity index (χ1v) is 8.86. The van der Waals surface area contributed by atoms with Gasteiger partial charge in [-0.15, -0.1) is 0 Å². The molecule has 0 radical (unpaired) electrons. The molecule has 1 aromatic carbocycles. The molecule has 150 valence electrons. The minimum absolute atomic E-state index is 0.0480. The predicted octanol–water partition coefficient (Wildman–Crippen LogP) is 2.26. The number of hydrogen-bond acceptors (Lipinski definition) is 4. The zero-order chi connectivity index (χ0) is 20.5. The topological polar surface area (TPSA) is 69.3 Å². The molecule has 1 aliphatic heterocycles. The Hall–Kier alpha value is -2.84. The van der Waals surface area contributed by atoms with Crippen molar-refractivity contribution in [3.63, 3.8) is 0 Å². The summed E-state index contributed by atoms with van der Waals surface area (Å²) in [5.74, 6) is -3.60. The second kappa shape index (κ2) is 7.65. The molecule has 0 unspecified atom stereocenters. The van der Waals surface area contributed by atoms with Crippen LogP contribution in [0, 0.1) is 12.7 Å². The van der Waals surface area contributed by atoms with Crippen LogP contribution < -0.4 is 10.5 Å². The lowest BCUT2D eigenvalue weighted by molar-refractivity contribution is -0.131. The van der Waals surface area contributed by atoms with Crippen molar-refractivity contribution in [2.45, 2.75) is 32.7 Å². The molecule has 0 bridgehead atoms. The maximum Gasteiger partial charge on any atom is 0.269 e. The Morgan fingerprint density at radius 3 is 2.64 bits per heavy atom. The fraction of sp³-hybridized carbons (Fsp3) is 0.421. The van der Waals surface area contributed by atoms with Gasteiger partial charge in [0, 0.05) is 31.6 Å². The van der Waals surface area contributed by atoms with Crippen LogP contribution in [-0.2, 0) is 17.8 Å². The Morgan fingerprint density at radius 2 is 2.00 bits per heavy atom. The van der Waals surface area contributed by atoms with Crippen LogP contribution in [0.25, 0.3) is 0 Å². The number of carbonyl (C=O) groups excluding carboxylic acids is 1. The number of hydrogen-bond donors (Lipinski definition) is 1. The number of piperazine rings is 1. The van der Waals surface area contributed by atoms with E-state index in [4.69, 9.17) is 0 Å². The van der Waals surface area contributed by atoms with Crippen molar-refractivity contribution in [2.24, 2.45) is 0 Å². The Balaban J connectivity index is 1.76. The second-order valence-electron chi connectivity index (χ2n) is 7.12. The Bertz CT molecular complexity index is 940. The summed E-state index contributed by atoms with van der Waals surface area (Å²) in [4.78, 5) is 27.8. The van der Waals surface area contributed by atoms with Crippen molar-refractivity contribution in [1.29, 1.82) is 0 Å². The van der Waals surface area contributed by atoms with E-state index >= 15 is 0 Å². The van der Waals surface area contributed by atoms with Crippen LogP contribution in [0.2, 0.25) is 0 Å². The highest BCUT2D eigenvalue weighted by atomic mass is 19.3. The molecule has 1 N–H and O–H groups in total. The third kappa shape index (κ3) is 4.52. The lowest BCUT2D eigenvalue weighted by Gasteiger charge is -2.36. The quantitative estimate of drug-likeness (QED) is 0.845. The lowest BCUT2D eigenvalue weighted by Crippen LogP contribution is -2.50. The molecule has 0 atom stereocenters. The van der Waals surface area contributed by atoms with E-state index in [-0.39, 0.29) is 29.5 Å². The fourth-order valence-corrected chi connectivity index (χ4v) is 3.29. The predicted molar refractivity (Wildman–Crippen MR) is 97.9 cm³/mol. The first-order valence-electron chi connectivity index (χ1n) is 8.86. The van der Waals surface area contributed by atoms with Crippen molar-refractivity contribution in [2.75, 3.05) is 24.5 Å². The van der Waals surface area contributed by atoms with E-state index in [2.05, 4.69) is 10.2 Å². The molecule has 0 spiro atoms. The fourth-order valence-electron chi connectivity index (χ4n) is 3.29. The molecule has 1 amide bonds. The Kier molecular flexibility index (Phi) is 5.44. The van der Waals surface area contributed by atoms with Gasteiger partial charge in [-0.05, 0) is 37.1 Å². The number of carbonyl (C=O) groups is 1. The van der Waals surface area contributed by atoms with E-state index < -0.39 is 17.9 Å². The average molecular weight is 394 g/mol. The summed E-state index contributed by atoms with van der Waals surface area (Å²) >= 11 is 0. The Morgan fingerprint density at radius 1 is 1.25 bits per heavy atom. The largest absolute Gasteiger partial charge is 0.359 e. The third-order valence-corrected chi connectivity index (χ3v) is 4.75. The molecule has 1 saturated heterocycles. The molecule has 0 saturated carbocycles. The summed E-state index contributed by atoms with van der Waals surface area (Å²) in [6.45, 7) is 3.53. The van der Waals surface area contributed by atoms with Gasteiger partial charge in [0.15, 0.2) is 0 Å². The molecule has 2 aromatic rings. The maximum absolute atomic E-state index is 13.5. The molecule has 1 fully saturated rings. The van der Waals surface area contributed by atoms with Crippen molar-refractivity contribution >= 4 is 11.6 Å². The van der Waals surface area contributed by atoms with Crippen LogP contribution in [-0.4, -0.2) is 46.6 Å². The van der Waals surface area contributed by atoms with Crippen LogP contribution >= 0.6 is 0 Å². The summed E-state index contributed by atoms with van der Waals surface area (Å²) in [6, 6.07) is 4.41. The number of rotatable bonds is 5. The van der Waals surface area contributed by atoms with Gasteiger partial charge in [0.2, 0.25) is 11.8 Å². The number of amides is 1.